The van der Waals surface area contributed by atoms with Gasteiger partial charge in [-0.15, -0.1) is 15.3 Å². The lowest BCUT2D eigenvalue weighted by Crippen LogP contribution is -2.04. The van der Waals surface area contributed by atoms with Crippen molar-refractivity contribution in [3.05, 3.63) is 59.0 Å². The summed E-state index contributed by atoms with van der Waals surface area (Å²) in [6.45, 7) is 0.295. The lowest BCUT2D eigenvalue weighted by Gasteiger charge is -2.06. The number of pyridine rings is 1. The number of benzene rings is 1. The van der Waals surface area contributed by atoms with Crippen molar-refractivity contribution < 1.29 is 9.15 Å². The minimum absolute atomic E-state index is 0.277. The van der Waals surface area contributed by atoms with Crippen LogP contribution in [0, 0.1) is 0 Å². The lowest BCUT2D eigenvalue weighted by atomic mass is 10.3. The molecule has 1 aromatic carbocycles. The van der Waals surface area contributed by atoms with Crippen LogP contribution in [0.4, 0.5) is 0 Å². The molecule has 0 atom stereocenters. The van der Waals surface area contributed by atoms with Gasteiger partial charge in [-0.05, 0) is 36.4 Å². The van der Waals surface area contributed by atoms with E-state index in [4.69, 9.17) is 9.15 Å². The van der Waals surface area contributed by atoms with Crippen molar-refractivity contribution in [2.24, 2.45) is 0 Å². The van der Waals surface area contributed by atoms with Crippen molar-refractivity contribution >= 4 is 15.9 Å². The molecule has 3 aromatic heterocycles. The van der Waals surface area contributed by atoms with Crippen LogP contribution >= 0.6 is 15.9 Å². The average molecular weight is 413 g/mol. The Kier molecular flexibility index (Phi) is 4.55. The molecule has 0 radical (unpaired) electrons. The maximum atomic E-state index is 5.77. The van der Waals surface area contributed by atoms with E-state index < -0.39 is 0 Å². The molecule has 130 valence electrons. The second kappa shape index (κ2) is 7.14. The molecule has 26 heavy (non-hydrogen) atoms. The van der Waals surface area contributed by atoms with Gasteiger partial charge in [0.05, 0.1) is 17.9 Å². The topological polar surface area (TPSA) is 91.8 Å². The second-order valence-electron chi connectivity index (χ2n) is 5.36. The summed E-state index contributed by atoms with van der Waals surface area (Å²) in [6.07, 6.45) is 3.34. The third kappa shape index (κ3) is 3.14. The van der Waals surface area contributed by atoms with Gasteiger partial charge >= 0.3 is 0 Å². The van der Waals surface area contributed by atoms with Gasteiger partial charge in [-0.2, -0.15) is 0 Å². The molecule has 0 amide bonds. The summed E-state index contributed by atoms with van der Waals surface area (Å²) in [5.41, 5.74) is 2.79. The number of rotatable bonds is 5. The molecule has 0 saturated carbocycles. The number of nitrogens with zero attached hydrogens (tertiary/aromatic N) is 6. The zero-order valence-corrected chi connectivity index (χ0v) is 15.3. The number of hydrogen-bond donors (Lipinski definition) is 0. The molecule has 0 aliphatic heterocycles. The van der Waals surface area contributed by atoms with Gasteiger partial charge in [0, 0.05) is 24.0 Å². The van der Waals surface area contributed by atoms with E-state index in [0.717, 1.165) is 21.4 Å². The van der Waals surface area contributed by atoms with E-state index in [0.29, 0.717) is 18.2 Å². The number of ether oxygens (including phenoxy) is 1. The lowest BCUT2D eigenvalue weighted by molar-refractivity contribution is 0.179. The van der Waals surface area contributed by atoms with E-state index in [1.54, 1.807) is 30.3 Å². The van der Waals surface area contributed by atoms with Crippen LogP contribution in [-0.2, 0) is 11.3 Å². The number of methoxy groups -OCH3 is 1. The minimum atomic E-state index is 0.277. The maximum Gasteiger partial charge on any atom is 0.270 e. The van der Waals surface area contributed by atoms with Crippen LogP contribution in [0.2, 0.25) is 0 Å². The predicted molar refractivity (Wildman–Crippen MR) is 96.3 cm³/mol. The molecule has 3 heterocycles. The molecule has 0 bridgehead atoms. The van der Waals surface area contributed by atoms with E-state index in [1.165, 1.54) is 0 Å². The molecule has 0 aliphatic rings. The standard InChI is InChI=1S/C17H13BrN6O2/c1-25-10-14-15(20-23-24(14)13-6-4-12(18)5-7-13)17-22-21-16(26-17)11-3-2-8-19-9-11/h2-9H,10H2,1H3. The maximum absolute atomic E-state index is 5.77. The van der Waals surface area contributed by atoms with E-state index >= 15 is 0 Å². The molecule has 4 rings (SSSR count). The molecule has 0 unspecified atom stereocenters. The van der Waals surface area contributed by atoms with Crippen LogP contribution in [-0.4, -0.2) is 37.3 Å². The highest BCUT2D eigenvalue weighted by molar-refractivity contribution is 9.10. The molecule has 0 aliphatic carbocycles. The second-order valence-corrected chi connectivity index (χ2v) is 6.28. The van der Waals surface area contributed by atoms with Gasteiger partial charge in [0.15, 0.2) is 5.69 Å². The fraction of sp³-hybridized carbons (Fsp3) is 0.118. The van der Waals surface area contributed by atoms with Gasteiger partial charge < -0.3 is 9.15 Å². The first-order valence-electron chi connectivity index (χ1n) is 7.70. The van der Waals surface area contributed by atoms with Crippen LogP contribution in [0.5, 0.6) is 0 Å². The Morgan fingerprint density at radius 3 is 2.62 bits per heavy atom. The number of aromatic nitrogens is 6. The summed E-state index contributed by atoms with van der Waals surface area (Å²) in [4.78, 5) is 4.06. The molecule has 8 nitrogen and oxygen atoms in total. The highest BCUT2D eigenvalue weighted by atomic mass is 79.9. The summed E-state index contributed by atoms with van der Waals surface area (Å²) in [7, 11) is 1.61. The first-order valence-corrected chi connectivity index (χ1v) is 8.49. The van der Waals surface area contributed by atoms with Gasteiger partial charge in [-0.25, -0.2) is 4.68 Å². The number of halogens is 1. The zero-order chi connectivity index (χ0) is 17.9. The first-order chi connectivity index (χ1) is 12.8. The van der Waals surface area contributed by atoms with Crippen molar-refractivity contribution in [1.82, 2.24) is 30.2 Å². The quantitative estimate of drug-likeness (QED) is 0.496. The van der Waals surface area contributed by atoms with Crippen molar-refractivity contribution in [2.45, 2.75) is 6.61 Å². The first kappa shape index (κ1) is 16.6. The highest BCUT2D eigenvalue weighted by Crippen LogP contribution is 2.26. The fourth-order valence-corrected chi connectivity index (χ4v) is 2.71. The van der Waals surface area contributed by atoms with Crippen molar-refractivity contribution in [3.63, 3.8) is 0 Å². The Labute approximate surface area is 157 Å². The van der Waals surface area contributed by atoms with Crippen LogP contribution < -0.4 is 0 Å². The molecule has 0 spiro atoms. The largest absolute Gasteiger partial charge is 0.414 e. The van der Waals surface area contributed by atoms with Gasteiger partial charge in [0.25, 0.3) is 5.89 Å². The summed E-state index contributed by atoms with van der Waals surface area (Å²) >= 11 is 3.43. The van der Waals surface area contributed by atoms with Crippen molar-refractivity contribution in [3.8, 4) is 28.7 Å². The Balaban J connectivity index is 1.75. The van der Waals surface area contributed by atoms with E-state index in [9.17, 15) is 0 Å². The van der Waals surface area contributed by atoms with Gasteiger partial charge in [0.1, 0.15) is 5.69 Å². The van der Waals surface area contributed by atoms with Crippen LogP contribution in [0.3, 0.4) is 0 Å². The Morgan fingerprint density at radius 2 is 1.88 bits per heavy atom. The third-order valence-corrected chi connectivity index (χ3v) is 4.18. The number of hydrogen-bond acceptors (Lipinski definition) is 7. The molecular weight excluding hydrogens is 400 g/mol. The van der Waals surface area contributed by atoms with E-state index in [2.05, 4.69) is 41.4 Å². The molecule has 9 heteroatoms. The summed E-state index contributed by atoms with van der Waals surface area (Å²) in [5.74, 6) is 0.647. The van der Waals surface area contributed by atoms with Gasteiger partial charge in [0.2, 0.25) is 5.89 Å². The van der Waals surface area contributed by atoms with E-state index in [-0.39, 0.29) is 5.89 Å². The smallest absolute Gasteiger partial charge is 0.270 e. The SMILES string of the molecule is COCc1c(-c2nnc(-c3cccnc3)o2)nnn1-c1ccc(Br)cc1. The zero-order valence-electron chi connectivity index (χ0n) is 13.7. The normalized spacial score (nSPS) is 11.0. The predicted octanol–water partition coefficient (Wildman–Crippen LogP) is 3.29. The van der Waals surface area contributed by atoms with Crippen molar-refractivity contribution in [2.75, 3.05) is 7.11 Å². The minimum Gasteiger partial charge on any atom is -0.414 e. The van der Waals surface area contributed by atoms with E-state index in [1.807, 2.05) is 30.3 Å². The fourth-order valence-electron chi connectivity index (χ4n) is 2.45. The summed E-state index contributed by atoms with van der Waals surface area (Å²) < 4.78 is 13.8. The summed E-state index contributed by atoms with van der Waals surface area (Å²) in [6, 6.07) is 11.4. The molecule has 0 fully saturated rings. The van der Waals surface area contributed by atoms with Crippen LogP contribution in [0.25, 0.3) is 28.7 Å². The Morgan fingerprint density at radius 1 is 1.08 bits per heavy atom. The van der Waals surface area contributed by atoms with Crippen LogP contribution in [0.1, 0.15) is 5.69 Å². The highest BCUT2D eigenvalue weighted by Gasteiger charge is 2.21. The van der Waals surface area contributed by atoms with Crippen LogP contribution in [0.15, 0.2) is 57.7 Å². The molecule has 0 saturated heterocycles. The van der Waals surface area contributed by atoms with Gasteiger partial charge in [-0.1, -0.05) is 21.1 Å². The summed E-state index contributed by atoms with van der Waals surface area (Å²) in [5, 5.41) is 16.6. The Hall–Kier alpha value is -2.91. The third-order valence-electron chi connectivity index (χ3n) is 3.65. The molecule has 0 N–H and O–H groups in total. The average Bonchev–Trinajstić information content (AvgIpc) is 3.31. The van der Waals surface area contributed by atoms with Crippen molar-refractivity contribution in [1.29, 1.82) is 0 Å². The monoisotopic (exact) mass is 412 g/mol. The van der Waals surface area contributed by atoms with Gasteiger partial charge in [-0.3, -0.25) is 4.98 Å². The molecular formula is C17H13BrN6O2. The molecule has 4 aromatic rings. The Bertz CT molecular complexity index is 1010.